The van der Waals surface area contributed by atoms with Gasteiger partial charge in [0, 0.05) is 38.3 Å². The van der Waals surface area contributed by atoms with Gasteiger partial charge in [-0.3, -0.25) is 4.79 Å². The number of sulfonamides is 1. The first-order valence-electron chi connectivity index (χ1n) is 9.22. The molecule has 0 saturated carbocycles. The summed E-state index contributed by atoms with van der Waals surface area (Å²) in [6.07, 6.45) is 0.250. The van der Waals surface area contributed by atoms with Crippen molar-refractivity contribution in [1.82, 2.24) is 14.5 Å². The predicted molar refractivity (Wildman–Crippen MR) is 103 cm³/mol. The lowest BCUT2D eigenvalue weighted by atomic mass is 10.1. The van der Waals surface area contributed by atoms with Gasteiger partial charge in [0.1, 0.15) is 10.6 Å². The number of hydrogen-bond acceptors (Lipinski definition) is 6. The first kappa shape index (κ1) is 22.0. The summed E-state index contributed by atoms with van der Waals surface area (Å²) in [5.74, 6) is -0.120. The summed E-state index contributed by atoms with van der Waals surface area (Å²) in [7, 11) is -2.41. The van der Waals surface area contributed by atoms with E-state index in [2.05, 4.69) is 4.72 Å². The molecule has 0 atom stereocenters. The number of nitrogens with one attached hydrogen (secondary N) is 1. The maximum atomic E-state index is 12.8. The van der Waals surface area contributed by atoms with E-state index in [0.717, 1.165) is 0 Å². The van der Waals surface area contributed by atoms with Gasteiger partial charge in [-0.05, 0) is 31.5 Å². The molecule has 28 heavy (non-hydrogen) atoms. The lowest BCUT2D eigenvalue weighted by Gasteiger charge is -2.34. The largest absolute Gasteiger partial charge is 0.495 e. The van der Waals surface area contributed by atoms with Crippen LogP contribution in [0.15, 0.2) is 23.1 Å². The molecular weight excluding hydrogens is 386 g/mol. The van der Waals surface area contributed by atoms with E-state index < -0.39 is 16.1 Å². The average molecular weight is 413 g/mol. The van der Waals surface area contributed by atoms with Crippen LogP contribution in [0.25, 0.3) is 0 Å². The van der Waals surface area contributed by atoms with Crippen LogP contribution in [0.3, 0.4) is 0 Å². The Labute approximate surface area is 165 Å². The Morgan fingerprint density at radius 2 is 1.75 bits per heavy atom. The van der Waals surface area contributed by atoms with E-state index in [1.54, 1.807) is 16.7 Å². The highest BCUT2D eigenvalue weighted by Crippen LogP contribution is 2.25. The summed E-state index contributed by atoms with van der Waals surface area (Å²) in [4.78, 5) is 27.7. The Kier molecular flexibility index (Phi) is 7.64. The number of rotatable bonds is 7. The minimum absolute atomic E-state index is 0.0699. The van der Waals surface area contributed by atoms with Crippen LogP contribution in [0.2, 0.25) is 0 Å². The van der Waals surface area contributed by atoms with Gasteiger partial charge in [0.15, 0.2) is 0 Å². The SMILES string of the molecule is CCCNS(=O)(=O)c1cc(C(=O)N2CCN(C(=O)OCC)CC2)ccc1OC. The topological polar surface area (TPSA) is 105 Å². The first-order valence-corrected chi connectivity index (χ1v) is 10.7. The van der Waals surface area contributed by atoms with Gasteiger partial charge in [0.2, 0.25) is 10.0 Å². The third-order valence-electron chi connectivity index (χ3n) is 4.34. The first-order chi connectivity index (χ1) is 13.3. The third-order valence-corrected chi connectivity index (χ3v) is 5.82. The maximum Gasteiger partial charge on any atom is 0.409 e. The Bertz CT molecular complexity index is 804. The van der Waals surface area contributed by atoms with Gasteiger partial charge in [0.25, 0.3) is 5.91 Å². The second-order valence-corrected chi connectivity index (χ2v) is 7.98. The molecule has 0 unspecified atom stereocenters. The highest BCUT2D eigenvalue weighted by molar-refractivity contribution is 7.89. The van der Waals surface area contributed by atoms with Gasteiger partial charge in [-0.1, -0.05) is 6.92 Å². The van der Waals surface area contributed by atoms with Gasteiger partial charge in [0.05, 0.1) is 13.7 Å². The molecule has 0 bridgehead atoms. The molecule has 0 spiro atoms. The number of amides is 2. The Morgan fingerprint density at radius 1 is 1.11 bits per heavy atom. The summed E-state index contributed by atoms with van der Waals surface area (Å²) in [5.41, 5.74) is 0.252. The van der Waals surface area contributed by atoms with E-state index in [-0.39, 0.29) is 22.1 Å². The van der Waals surface area contributed by atoms with Crippen molar-refractivity contribution in [2.45, 2.75) is 25.2 Å². The van der Waals surface area contributed by atoms with Crippen LogP contribution in [-0.2, 0) is 14.8 Å². The molecule has 2 amide bonds. The summed E-state index contributed by atoms with van der Waals surface area (Å²) in [5, 5.41) is 0. The quantitative estimate of drug-likeness (QED) is 0.722. The van der Waals surface area contributed by atoms with Gasteiger partial charge >= 0.3 is 6.09 Å². The van der Waals surface area contributed by atoms with Gasteiger partial charge in [-0.25, -0.2) is 17.9 Å². The van der Waals surface area contributed by atoms with Crippen molar-refractivity contribution in [3.8, 4) is 5.75 Å². The molecule has 0 aliphatic carbocycles. The summed E-state index contributed by atoms with van der Waals surface area (Å²) in [6, 6.07) is 4.34. The zero-order valence-corrected chi connectivity index (χ0v) is 17.3. The molecule has 1 aromatic carbocycles. The highest BCUT2D eigenvalue weighted by atomic mass is 32.2. The van der Waals surface area contributed by atoms with Crippen LogP contribution in [0.1, 0.15) is 30.6 Å². The van der Waals surface area contributed by atoms with Crippen molar-refractivity contribution in [1.29, 1.82) is 0 Å². The van der Waals surface area contributed by atoms with Crippen LogP contribution >= 0.6 is 0 Å². The molecule has 156 valence electrons. The minimum Gasteiger partial charge on any atom is -0.495 e. The fraction of sp³-hybridized carbons (Fsp3) is 0.556. The Balaban J connectivity index is 2.16. The summed E-state index contributed by atoms with van der Waals surface area (Å²) in [6.45, 7) is 5.61. The number of ether oxygens (including phenoxy) is 2. The van der Waals surface area contributed by atoms with Gasteiger partial charge < -0.3 is 19.3 Å². The number of hydrogen-bond donors (Lipinski definition) is 1. The van der Waals surface area contributed by atoms with Crippen molar-refractivity contribution in [3.63, 3.8) is 0 Å². The molecular formula is C18H27N3O6S. The predicted octanol–water partition coefficient (Wildman–Crippen LogP) is 1.30. The number of carbonyl (C=O) groups is 2. The molecule has 1 aliphatic heterocycles. The molecule has 0 aromatic heterocycles. The molecule has 1 heterocycles. The van der Waals surface area contributed by atoms with E-state index in [1.807, 2.05) is 6.92 Å². The van der Waals surface area contributed by atoms with Crippen molar-refractivity contribution in [3.05, 3.63) is 23.8 Å². The number of benzene rings is 1. The molecule has 9 nitrogen and oxygen atoms in total. The Morgan fingerprint density at radius 3 is 2.32 bits per heavy atom. The molecule has 1 N–H and O–H groups in total. The molecule has 1 aliphatic rings. The number of piperazine rings is 1. The normalized spacial score (nSPS) is 14.7. The average Bonchev–Trinajstić information content (AvgIpc) is 2.71. The van der Waals surface area contributed by atoms with Crippen LogP contribution in [-0.4, -0.2) is 76.7 Å². The van der Waals surface area contributed by atoms with E-state index in [4.69, 9.17) is 9.47 Å². The standard InChI is InChI=1S/C18H27N3O6S/c1-4-8-19-28(24,25)16-13-14(6-7-15(16)26-3)17(22)20-9-11-21(12-10-20)18(23)27-5-2/h6-7,13,19H,4-5,8-12H2,1-3H3. The van der Waals surface area contributed by atoms with Crippen LogP contribution in [0.5, 0.6) is 5.75 Å². The molecule has 1 aromatic rings. The van der Waals surface area contributed by atoms with Crippen LogP contribution in [0, 0.1) is 0 Å². The van der Waals surface area contributed by atoms with E-state index in [9.17, 15) is 18.0 Å². The number of nitrogens with zero attached hydrogens (tertiary/aromatic N) is 2. The molecule has 0 radical (unpaired) electrons. The molecule has 2 rings (SSSR count). The fourth-order valence-electron chi connectivity index (χ4n) is 2.82. The lowest BCUT2D eigenvalue weighted by Crippen LogP contribution is -2.50. The molecule has 1 saturated heterocycles. The minimum atomic E-state index is -3.79. The summed E-state index contributed by atoms with van der Waals surface area (Å²) < 4.78 is 37.7. The van der Waals surface area contributed by atoms with Crippen molar-refractivity contribution < 1.29 is 27.5 Å². The smallest absolute Gasteiger partial charge is 0.409 e. The second-order valence-electron chi connectivity index (χ2n) is 6.24. The number of methoxy groups -OCH3 is 1. The van der Waals surface area contributed by atoms with Gasteiger partial charge in [-0.2, -0.15) is 0 Å². The van der Waals surface area contributed by atoms with Crippen molar-refractivity contribution in [2.24, 2.45) is 0 Å². The van der Waals surface area contributed by atoms with Crippen molar-refractivity contribution in [2.75, 3.05) is 46.4 Å². The maximum absolute atomic E-state index is 12.8. The van der Waals surface area contributed by atoms with Crippen LogP contribution in [0.4, 0.5) is 4.79 Å². The fourth-order valence-corrected chi connectivity index (χ4v) is 4.15. The highest BCUT2D eigenvalue weighted by Gasteiger charge is 2.27. The zero-order valence-electron chi connectivity index (χ0n) is 16.4. The number of carbonyl (C=O) groups excluding carboxylic acids is 2. The third kappa shape index (κ3) is 5.14. The van der Waals surface area contributed by atoms with Crippen LogP contribution < -0.4 is 9.46 Å². The van der Waals surface area contributed by atoms with Crippen molar-refractivity contribution >= 4 is 22.0 Å². The monoisotopic (exact) mass is 413 g/mol. The lowest BCUT2D eigenvalue weighted by molar-refractivity contribution is 0.0570. The molecule has 10 heteroatoms. The Hall–Kier alpha value is -2.33. The molecule has 1 fully saturated rings. The van der Waals surface area contributed by atoms with Gasteiger partial charge in [-0.15, -0.1) is 0 Å². The van der Waals surface area contributed by atoms with E-state index in [1.165, 1.54) is 25.3 Å². The van der Waals surface area contributed by atoms with E-state index in [0.29, 0.717) is 45.8 Å². The van der Waals surface area contributed by atoms with E-state index >= 15 is 0 Å². The second kappa shape index (κ2) is 9.74. The summed E-state index contributed by atoms with van der Waals surface area (Å²) >= 11 is 0. The zero-order chi connectivity index (χ0) is 20.7.